The number of carbonyl (C=O) groups is 17. The Kier molecular flexibility index (Phi) is 39.1. The summed E-state index contributed by atoms with van der Waals surface area (Å²) in [6, 6.07) is 6.68. The molecule has 15 amide bonds. The summed E-state index contributed by atoms with van der Waals surface area (Å²) in [5.41, 5.74) is 7.36. The van der Waals surface area contributed by atoms with Crippen LogP contribution in [0.3, 0.4) is 0 Å². The molecular formula is C95H121F3N16O21S. The number of aromatic hydroxyl groups is 1. The Labute approximate surface area is 788 Å². The molecule has 3 fully saturated rings. The van der Waals surface area contributed by atoms with Crippen molar-refractivity contribution in [2.75, 3.05) is 59.4 Å². The van der Waals surface area contributed by atoms with Gasteiger partial charge in [0.2, 0.25) is 88.6 Å². The van der Waals surface area contributed by atoms with E-state index in [-0.39, 0.29) is 95.0 Å². The monoisotopic (exact) mass is 1910 g/mol. The fourth-order valence-electron chi connectivity index (χ4n) is 16.8. The zero-order valence-electron chi connectivity index (χ0n) is 77.3. The molecular weight excluding hydrogens is 1790 g/mol. The van der Waals surface area contributed by atoms with Gasteiger partial charge in [-0.05, 0) is 133 Å². The summed E-state index contributed by atoms with van der Waals surface area (Å²) >= 11 is 0.661. The Hall–Kier alpha value is -13.6. The average molecular weight is 1910 g/mol. The number of benzene rings is 5. The summed E-state index contributed by atoms with van der Waals surface area (Å²) in [6.45, 7) is 7.18. The van der Waals surface area contributed by atoms with Crippen molar-refractivity contribution in [1.29, 1.82) is 0 Å². The molecule has 1 aromatic heterocycles. The van der Waals surface area contributed by atoms with Gasteiger partial charge >= 0.3 is 11.9 Å². The molecule has 4 heterocycles. The number of unbranched alkanes of at least 4 members (excludes halogenated alkanes) is 1. The van der Waals surface area contributed by atoms with Gasteiger partial charge < -0.3 is 103 Å². The number of carbonyl (C=O) groups excluding carboxylic acids is 15. The van der Waals surface area contributed by atoms with Gasteiger partial charge in [0.05, 0.1) is 25.8 Å². The van der Waals surface area contributed by atoms with Crippen molar-refractivity contribution >= 4 is 123 Å². The quantitative estimate of drug-likeness (QED) is 0.0366. The van der Waals surface area contributed by atoms with E-state index >= 15 is 56.7 Å². The lowest BCUT2D eigenvalue weighted by molar-refractivity contribution is -0.152. The second-order valence-electron chi connectivity index (χ2n) is 35.1. The molecule has 6 aromatic rings. The number of aliphatic carboxylic acids is 2. The third kappa shape index (κ3) is 29.4. The number of phenolic OH excluding ortho intramolecular Hbond substituents is 1. The number of hydrogen-bond acceptors (Lipinski definition) is 20. The van der Waals surface area contributed by atoms with Crippen molar-refractivity contribution in [3.8, 4) is 11.5 Å². The molecule has 5 aromatic carbocycles. The topological polar surface area (TPSA) is 526 Å². The molecule has 0 unspecified atom stereocenters. The number of rotatable bonds is 25. The summed E-state index contributed by atoms with van der Waals surface area (Å²) in [7, 11) is 5.08. The van der Waals surface area contributed by atoms with E-state index in [1.54, 1.807) is 106 Å². The number of fused-ring (bicyclic) bond motifs is 3. The zero-order valence-corrected chi connectivity index (χ0v) is 78.1. The summed E-state index contributed by atoms with van der Waals surface area (Å²) in [5.74, 6) is -25.6. The van der Waals surface area contributed by atoms with Crippen molar-refractivity contribution in [2.24, 2.45) is 17.6 Å². The third-order valence-electron chi connectivity index (χ3n) is 24.2. The van der Waals surface area contributed by atoms with Crippen LogP contribution >= 0.6 is 11.8 Å². The first-order valence-corrected chi connectivity index (χ1v) is 46.3. The number of carboxylic acids is 2. The number of halogens is 3. The molecule has 13 atom stereocenters. The first kappa shape index (κ1) is 106. The number of carboxylic acid groups (broad SMARTS) is 2. The number of para-hydroxylation sites is 1. The smallest absolute Gasteiger partial charge is 0.305 e. The van der Waals surface area contributed by atoms with Crippen molar-refractivity contribution in [3.63, 3.8) is 0 Å². The Morgan fingerprint density at radius 1 is 0.529 bits per heavy atom. The predicted molar refractivity (Wildman–Crippen MR) is 492 cm³/mol. The van der Waals surface area contributed by atoms with Crippen LogP contribution in [0.5, 0.6) is 11.5 Å². The maximum Gasteiger partial charge on any atom is 0.305 e. The van der Waals surface area contributed by atoms with Crippen LogP contribution in [0.4, 0.5) is 13.2 Å². The number of H-pyrrole nitrogens is 1. The van der Waals surface area contributed by atoms with E-state index in [1.165, 1.54) is 66.4 Å². The number of methoxy groups -OCH3 is 1. The van der Waals surface area contributed by atoms with E-state index in [4.69, 9.17) is 10.5 Å². The van der Waals surface area contributed by atoms with Crippen LogP contribution in [0.15, 0.2) is 121 Å². The molecule has 0 saturated carbocycles. The number of piperidine rings is 1. The minimum absolute atomic E-state index is 0.0549. The fraction of sp³-hybridized carbons (Fsp3) is 0.484. The lowest BCUT2D eigenvalue weighted by Crippen LogP contribution is -2.63. The molecule has 37 nitrogen and oxygen atoms in total. The van der Waals surface area contributed by atoms with E-state index in [9.17, 15) is 53.3 Å². The van der Waals surface area contributed by atoms with Crippen LogP contribution in [-0.2, 0) is 114 Å². The van der Waals surface area contributed by atoms with E-state index in [0.29, 0.717) is 75.6 Å². The standard InChI is InChI=1S/C95H121F3N16O21S/c1-10-11-24-74-94(133)114-38-19-26-73(114)89(128)107-69(47-80(120)121)87(126)109-82(53(4)5)95(134)111(7)75(44-54-20-13-12-14-21-54)90(129)103-65(35-36-79(118)119)92(131)113-37-18-17-25-72(113)88(127)106-68(46-58-48-100-64-23-16-15-22-61(58)64)86(125)105-67(42-55-27-31-59(115)32-28-55)85(124)104-66(39-52(2)3)84(123)108-71(83(122)101-49-77(99)116)50-136-51-78(117)102-70(43-57-40-62(96)81(98)63(97)41-57)91(130)112(8)76(93(132)110(74)6)45-56-29-33-60(135-9)34-30-56/h12-16,20-23,27-34,40-41,48,52-53,65-76,82,100,115H,10-11,17-19,24-26,35-39,42-47,49-51H2,1-9H3,(H2,99,116)(H,101,122)(H,102,117)(H,103,129)(H,104,124)(H,105,125)(H,106,127)(H,107,128)(H,108,123)(H,109,126)(H,118,119)(H,120,121)/t65-,66-,67-,68-,69-,70-,71-,72+,73+,74-,75-,76-,82-/m0/s1. The molecule has 9 rings (SSSR count). The first-order valence-electron chi connectivity index (χ1n) is 45.2. The molecule has 41 heteroatoms. The number of thioether (sulfide) groups is 1. The van der Waals surface area contributed by atoms with Crippen LogP contribution in [0.1, 0.15) is 139 Å². The predicted octanol–water partition coefficient (Wildman–Crippen LogP) is 3.12. The van der Waals surface area contributed by atoms with Crippen molar-refractivity contribution in [3.05, 3.63) is 167 Å². The number of amides is 15. The van der Waals surface area contributed by atoms with Crippen molar-refractivity contribution < 1.29 is 115 Å². The van der Waals surface area contributed by atoms with Gasteiger partial charge in [0.25, 0.3) is 0 Å². The van der Waals surface area contributed by atoms with Gasteiger partial charge in [-0.1, -0.05) is 120 Å². The van der Waals surface area contributed by atoms with Crippen LogP contribution in [0.2, 0.25) is 0 Å². The molecule has 0 bridgehead atoms. The van der Waals surface area contributed by atoms with Crippen LogP contribution in [-0.4, -0.2) is 283 Å². The van der Waals surface area contributed by atoms with Crippen LogP contribution in [0, 0.1) is 29.3 Å². The molecule has 136 heavy (non-hydrogen) atoms. The average Bonchev–Trinajstić information content (AvgIpc) is 1.40. The largest absolute Gasteiger partial charge is 0.508 e. The number of hydrogen-bond donors (Lipinski definition) is 14. The minimum Gasteiger partial charge on any atom is -0.508 e. The highest BCUT2D eigenvalue weighted by Gasteiger charge is 2.46. The number of nitrogens with two attached hydrogens (primary N) is 1. The van der Waals surface area contributed by atoms with Gasteiger partial charge in [-0.2, -0.15) is 0 Å². The van der Waals surface area contributed by atoms with Crippen molar-refractivity contribution in [2.45, 2.75) is 222 Å². The van der Waals surface area contributed by atoms with Crippen LogP contribution < -0.4 is 58.3 Å². The van der Waals surface area contributed by atoms with E-state index in [1.807, 2.05) is 0 Å². The number of nitrogens with zero attached hydrogens (tertiary/aromatic N) is 5. The summed E-state index contributed by atoms with van der Waals surface area (Å²) < 4.78 is 50.6. The maximum atomic E-state index is 15.8. The van der Waals surface area contributed by atoms with Gasteiger partial charge in [0.1, 0.15) is 90.0 Å². The number of aromatic amines is 1. The SMILES string of the molecule is CCCC[C@H]1C(=O)N2CCC[C@@H]2C(=O)N[C@@H](CC(=O)O)C(=O)N[C@@H](C(C)C)C(=O)N(C)[C@@H](Cc2ccccc2)C(=O)N[C@@H](CCC(=O)O)C(=O)N2CCCC[C@@H]2C(=O)N[C@@H](Cc2c[nH]c3ccccc23)C(=O)N[C@@H](Cc2ccc(O)cc2)C(=O)N[C@@H](CC(C)C)C(=O)N[C@H](C(=O)NCC(N)=O)CSCC(=O)N[C@@H](Cc2cc(F)c(F)c(F)c2)C(=O)N(C)[C@@H](Cc2ccc(OC)cc2)C(=O)N1C. The lowest BCUT2D eigenvalue weighted by atomic mass is 9.97. The highest BCUT2D eigenvalue weighted by molar-refractivity contribution is 8.00. The molecule has 3 aliphatic rings. The van der Waals surface area contributed by atoms with Gasteiger partial charge in [-0.15, -0.1) is 11.8 Å². The molecule has 0 spiro atoms. The summed E-state index contributed by atoms with van der Waals surface area (Å²) in [4.78, 5) is 259. The summed E-state index contributed by atoms with van der Waals surface area (Å²) in [6.07, 6.45) is -1.80. The number of aromatic nitrogens is 1. The van der Waals surface area contributed by atoms with Crippen molar-refractivity contribution in [1.82, 2.24) is 77.3 Å². The highest BCUT2D eigenvalue weighted by atomic mass is 32.2. The lowest BCUT2D eigenvalue weighted by Gasteiger charge is -2.38. The zero-order chi connectivity index (χ0) is 99.5. The number of likely N-dealkylation sites (N-methyl/N-ethyl adjacent to an activating group) is 3. The second-order valence-corrected chi connectivity index (χ2v) is 36.1. The number of primary amides is 1. The van der Waals surface area contributed by atoms with Gasteiger partial charge in [-0.25, -0.2) is 13.2 Å². The number of ether oxygens (including phenoxy) is 1. The molecule has 0 radical (unpaired) electrons. The number of nitrogens with one attached hydrogen (secondary N) is 10. The highest BCUT2D eigenvalue weighted by Crippen LogP contribution is 2.29. The van der Waals surface area contributed by atoms with Gasteiger partial charge in [0, 0.05) is 95.6 Å². The number of phenols is 1. The molecule has 3 aliphatic heterocycles. The van der Waals surface area contributed by atoms with E-state index in [0.717, 1.165) is 24.5 Å². The Bertz CT molecular complexity index is 5280. The molecule has 3 saturated heterocycles. The Morgan fingerprint density at radius 2 is 1.07 bits per heavy atom. The minimum atomic E-state index is -1.98. The first-order chi connectivity index (χ1) is 64.6. The van der Waals surface area contributed by atoms with Crippen LogP contribution in [0.25, 0.3) is 10.9 Å². The van der Waals surface area contributed by atoms with Gasteiger partial charge in [-0.3, -0.25) is 81.5 Å². The third-order valence-corrected chi connectivity index (χ3v) is 25.3. The van der Waals surface area contributed by atoms with E-state index in [2.05, 4.69) is 52.8 Å². The summed E-state index contributed by atoms with van der Waals surface area (Å²) in [5, 5.41) is 55.1. The van der Waals surface area contributed by atoms with Gasteiger partial charge in [0.15, 0.2) is 17.5 Å². The Morgan fingerprint density at radius 3 is 1.69 bits per heavy atom. The molecule has 734 valence electrons. The normalized spacial score (nSPS) is 23.4. The second kappa shape index (κ2) is 50.1. The fourth-order valence-corrected chi connectivity index (χ4v) is 17.6. The molecule has 15 N–H and O–H groups in total. The maximum absolute atomic E-state index is 15.8. The Balaban J connectivity index is 1.15. The van der Waals surface area contributed by atoms with E-state index < -0.39 is 252 Å². The molecule has 0 aliphatic carbocycles.